The molecule has 0 aliphatic rings. The summed E-state index contributed by atoms with van der Waals surface area (Å²) in [4.78, 5) is 12.5. The van der Waals surface area contributed by atoms with Crippen LogP contribution in [0.4, 0.5) is 0 Å². The highest BCUT2D eigenvalue weighted by atomic mass is 16.5. The third-order valence-corrected chi connectivity index (χ3v) is 3.50. The molecule has 0 saturated heterocycles. The van der Waals surface area contributed by atoms with Crippen LogP contribution >= 0.6 is 0 Å². The van der Waals surface area contributed by atoms with Gasteiger partial charge in [0.1, 0.15) is 11.3 Å². The predicted molar refractivity (Wildman–Crippen MR) is 83.0 cm³/mol. The molecular weight excluding hydrogens is 278 g/mol. The first-order valence-corrected chi connectivity index (χ1v) is 6.79. The normalized spacial score (nSPS) is 10.4. The number of ether oxygens (including phenoxy) is 1. The monoisotopic (exact) mass is 291 g/mol. The Hall–Kier alpha value is -3.06. The highest BCUT2D eigenvalue weighted by Gasteiger charge is 2.09. The average Bonchev–Trinajstić information content (AvgIpc) is 2.57. The summed E-state index contributed by atoms with van der Waals surface area (Å²) in [5, 5.41) is 9.45. The van der Waals surface area contributed by atoms with Crippen LogP contribution in [-0.4, -0.2) is 7.11 Å². The molecule has 0 bridgehead atoms. The van der Waals surface area contributed by atoms with E-state index in [-0.39, 0.29) is 5.43 Å². The maximum absolute atomic E-state index is 12.5. The van der Waals surface area contributed by atoms with Crippen LogP contribution in [-0.2, 0) is 6.42 Å². The van der Waals surface area contributed by atoms with E-state index in [1.165, 1.54) is 6.26 Å². The topological polar surface area (TPSA) is 63.2 Å². The molecule has 1 aromatic heterocycles. The highest BCUT2D eigenvalue weighted by molar-refractivity contribution is 5.78. The summed E-state index contributed by atoms with van der Waals surface area (Å²) in [5.74, 6) is 0.644. The molecule has 0 saturated carbocycles. The lowest BCUT2D eigenvalue weighted by atomic mass is 10.0. The molecule has 0 aliphatic carbocycles. The number of rotatable bonds is 3. The SMILES string of the molecule is COc1ccc2c(=O)c(Cc3cccc(C#N)c3)coc2c1. The summed E-state index contributed by atoms with van der Waals surface area (Å²) < 4.78 is 10.7. The minimum absolute atomic E-state index is 0.0636. The standard InChI is InChI=1S/C18H13NO3/c1-21-15-5-6-16-17(9-15)22-11-14(18(16)20)8-12-3-2-4-13(7-12)10-19/h2-7,9,11H,8H2,1H3. The van der Waals surface area contributed by atoms with Crippen molar-refractivity contribution in [3.05, 3.63) is 75.6 Å². The Morgan fingerprint density at radius 1 is 1.23 bits per heavy atom. The number of hydrogen-bond donors (Lipinski definition) is 0. The quantitative estimate of drug-likeness (QED) is 0.743. The Balaban J connectivity index is 2.03. The number of fused-ring (bicyclic) bond motifs is 1. The van der Waals surface area contributed by atoms with Crippen molar-refractivity contribution in [3.63, 3.8) is 0 Å². The van der Waals surface area contributed by atoms with E-state index in [9.17, 15) is 4.79 Å². The van der Waals surface area contributed by atoms with Gasteiger partial charge >= 0.3 is 0 Å². The van der Waals surface area contributed by atoms with Crippen LogP contribution in [0.5, 0.6) is 5.75 Å². The zero-order valence-corrected chi connectivity index (χ0v) is 12.0. The molecule has 0 N–H and O–H groups in total. The summed E-state index contributed by atoms with van der Waals surface area (Å²) in [7, 11) is 1.57. The Kier molecular flexibility index (Phi) is 3.63. The summed E-state index contributed by atoms with van der Waals surface area (Å²) in [6, 6.07) is 14.4. The summed E-state index contributed by atoms with van der Waals surface area (Å²) in [5.41, 5.74) is 2.48. The van der Waals surface area contributed by atoms with E-state index in [0.29, 0.717) is 34.3 Å². The zero-order chi connectivity index (χ0) is 15.5. The Bertz CT molecular complexity index is 935. The van der Waals surface area contributed by atoms with Crippen molar-refractivity contribution in [2.24, 2.45) is 0 Å². The smallest absolute Gasteiger partial charge is 0.196 e. The molecule has 0 spiro atoms. The van der Waals surface area contributed by atoms with Gasteiger partial charge in [-0.25, -0.2) is 0 Å². The van der Waals surface area contributed by atoms with Gasteiger partial charge < -0.3 is 9.15 Å². The Labute approximate surface area is 127 Å². The maximum atomic E-state index is 12.5. The van der Waals surface area contributed by atoms with Gasteiger partial charge in [0.25, 0.3) is 0 Å². The Morgan fingerprint density at radius 3 is 2.86 bits per heavy atom. The van der Waals surface area contributed by atoms with Gasteiger partial charge in [-0.1, -0.05) is 12.1 Å². The van der Waals surface area contributed by atoms with Crippen molar-refractivity contribution in [3.8, 4) is 11.8 Å². The van der Waals surface area contributed by atoms with Gasteiger partial charge in [0.05, 0.1) is 30.4 Å². The lowest BCUT2D eigenvalue weighted by Gasteiger charge is -2.05. The molecule has 0 atom stereocenters. The molecule has 0 unspecified atom stereocenters. The molecule has 3 aromatic rings. The van der Waals surface area contributed by atoms with Crippen LogP contribution in [0.15, 0.2) is 57.9 Å². The van der Waals surface area contributed by atoms with Gasteiger partial charge in [-0.2, -0.15) is 5.26 Å². The minimum atomic E-state index is -0.0636. The summed E-state index contributed by atoms with van der Waals surface area (Å²) >= 11 is 0. The number of benzene rings is 2. The lowest BCUT2D eigenvalue weighted by Crippen LogP contribution is -2.09. The molecular formula is C18H13NO3. The van der Waals surface area contributed by atoms with Crippen LogP contribution in [0.25, 0.3) is 11.0 Å². The molecule has 4 heteroatoms. The molecule has 1 heterocycles. The van der Waals surface area contributed by atoms with E-state index in [1.807, 2.05) is 6.07 Å². The van der Waals surface area contributed by atoms with Crippen LogP contribution in [0, 0.1) is 11.3 Å². The van der Waals surface area contributed by atoms with Crippen LogP contribution in [0.2, 0.25) is 0 Å². The second kappa shape index (κ2) is 5.74. The third kappa shape index (κ3) is 2.57. The molecule has 22 heavy (non-hydrogen) atoms. The fourth-order valence-electron chi connectivity index (χ4n) is 2.37. The summed E-state index contributed by atoms with van der Waals surface area (Å²) in [6.45, 7) is 0. The van der Waals surface area contributed by atoms with Crippen LogP contribution < -0.4 is 10.2 Å². The van der Waals surface area contributed by atoms with Crippen molar-refractivity contribution in [2.75, 3.05) is 7.11 Å². The van der Waals surface area contributed by atoms with E-state index in [2.05, 4.69) is 6.07 Å². The van der Waals surface area contributed by atoms with Gasteiger partial charge in [-0.3, -0.25) is 4.79 Å². The number of hydrogen-bond acceptors (Lipinski definition) is 4. The molecule has 0 radical (unpaired) electrons. The fourth-order valence-corrected chi connectivity index (χ4v) is 2.37. The van der Waals surface area contributed by atoms with Gasteiger partial charge in [0.2, 0.25) is 0 Å². The molecule has 2 aromatic carbocycles. The molecule has 0 amide bonds. The predicted octanol–water partition coefficient (Wildman–Crippen LogP) is 3.26. The second-order valence-electron chi connectivity index (χ2n) is 4.94. The first-order valence-electron chi connectivity index (χ1n) is 6.79. The van der Waals surface area contributed by atoms with E-state index < -0.39 is 0 Å². The number of nitriles is 1. The lowest BCUT2D eigenvalue weighted by molar-refractivity contribution is 0.414. The van der Waals surface area contributed by atoms with Gasteiger partial charge in [0, 0.05) is 18.1 Å². The van der Waals surface area contributed by atoms with Crippen molar-refractivity contribution in [1.82, 2.24) is 0 Å². The van der Waals surface area contributed by atoms with E-state index >= 15 is 0 Å². The first-order chi connectivity index (χ1) is 10.7. The highest BCUT2D eigenvalue weighted by Crippen LogP contribution is 2.19. The minimum Gasteiger partial charge on any atom is -0.497 e. The summed E-state index contributed by atoms with van der Waals surface area (Å²) in [6.07, 6.45) is 1.91. The number of nitrogens with zero attached hydrogens (tertiary/aromatic N) is 1. The van der Waals surface area contributed by atoms with Crippen molar-refractivity contribution in [1.29, 1.82) is 5.26 Å². The fraction of sp³-hybridized carbons (Fsp3) is 0.111. The maximum Gasteiger partial charge on any atom is 0.196 e. The molecule has 0 aliphatic heterocycles. The van der Waals surface area contributed by atoms with Crippen molar-refractivity contribution in [2.45, 2.75) is 6.42 Å². The van der Waals surface area contributed by atoms with Crippen LogP contribution in [0.1, 0.15) is 16.7 Å². The Morgan fingerprint density at radius 2 is 2.09 bits per heavy atom. The van der Waals surface area contributed by atoms with E-state index in [1.54, 1.807) is 43.5 Å². The second-order valence-corrected chi connectivity index (χ2v) is 4.94. The van der Waals surface area contributed by atoms with Gasteiger partial charge in [-0.05, 0) is 29.8 Å². The molecule has 3 rings (SSSR count). The van der Waals surface area contributed by atoms with Crippen molar-refractivity contribution >= 4 is 11.0 Å². The van der Waals surface area contributed by atoms with Gasteiger partial charge in [-0.15, -0.1) is 0 Å². The van der Waals surface area contributed by atoms with Gasteiger partial charge in [0.15, 0.2) is 5.43 Å². The molecule has 0 fully saturated rings. The largest absolute Gasteiger partial charge is 0.497 e. The van der Waals surface area contributed by atoms with Crippen LogP contribution in [0.3, 0.4) is 0 Å². The van der Waals surface area contributed by atoms with E-state index in [0.717, 1.165) is 5.56 Å². The molecule has 4 nitrogen and oxygen atoms in total. The van der Waals surface area contributed by atoms with Crippen molar-refractivity contribution < 1.29 is 9.15 Å². The number of methoxy groups -OCH3 is 1. The average molecular weight is 291 g/mol. The first kappa shape index (κ1) is 13.9. The third-order valence-electron chi connectivity index (χ3n) is 3.50. The zero-order valence-electron chi connectivity index (χ0n) is 12.0. The van der Waals surface area contributed by atoms with E-state index in [4.69, 9.17) is 14.4 Å². The molecule has 108 valence electrons.